The fourth-order valence-electron chi connectivity index (χ4n) is 2.00. The van der Waals surface area contributed by atoms with Gasteiger partial charge in [-0.3, -0.25) is 0 Å². The molecule has 0 atom stereocenters. The average Bonchev–Trinajstić information content (AvgIpc) is 2.83. The number of benzene rings is 1. The van der Waals surface area contributed by atoms with Crippen LogP contribution in [0.2, 0.25) is 0 Å². The third-order valence-corrected chi connectivity index (χ3v) is 3.60. The molecule has 0 bridgehead atoms. The first kappa shape index (κ1) is 15.3. The third-order valence-electron chi connectivity index (χ3n) is 3.10. The van der Waals surface area contributed by atoms with Crippen molar-refractivity contribution in [2.45, 2.75) is 25.7 Å². The highest BCUT2D eigenvalue weighted by atomic mass is 79.9. The van der Waals surface area contributed by atoms with Crippen LogP contribution in [-0.2, 0) is 16.0 Å². The molecule has 110 valence electrons. The van der Waals surface area contributed by atoms with E-state index in [9.17, 15) is 4.79 Å². The summed E-state index contributed by atoms with van der Waals surface area (Å²) in [7, 11) is 0. The number of rotatable bonds is 5. The monoisotopic (exact) mass is 342 g/mol. The molecule has 1 fully saturated rings. The van der Waals surface area contributed by atoms with Crippen molar-refractivity contribution in [3.63, 3.8) is 0 Å². The van der Waals surface area contributed by atoms with Gasteiger partial charge in [-0.2, -0.15) is 0 Å². The van der Waals surface area contributed by atoms with E-state index in [2.05, 4.69) is 26.6 Å². The zero-order valence-electron chi connectivity index (χ0n) is 11.4. The summed E-state index contributed by atoms with van der Waals surface area (Å²) in [5, 5.41) is 5.61. The summed E-state index contributed by atoms with van der Waals surface area (Å²) < 4.78 is 11.9. The molecule has 5 nitrogen and oxygen atoms in total. The maximum atomic E-state index is 11.7. The van der Waals surface area contributed by atoms with Crippen LogP contribution < -0.4 is 10.6 Å². The molecule has 1 aromatic carbocycles. The van der Waals surface area contributed by atoms with E-state index in [0.29, 0.717) is 32.7 Å². The van der Waals surface area contributed by atoms with Crippen LogP contribution in [0.15, 0.2) is 28.7 Å². The van der Waals surface area contributed by atoms with Gasteiger partial charge in [0.15, 0.2) is 5.79 Å². The lowest BCUT2D eigenvalue weighted by Crippen LogP contribution is -2.39. The Hall–Kier alpha value is -1.11. The molecule has 1 saturated heterocycles. The number of carbonyl (C=O) groups is 1. The van der Waals surface area contributed by atoms with Crippen molar-refractivity contribution in [1.29, 1.82) is 0 Å². The zero-order valence-corrected chi connectivity index (χ0v) is 13.0. The first-order chi connectivity index (χ1) is 9.57. The Labute approximate surface area is 127 Å². The van der Waals surface area contributed by atoms with Crippen LogP contribution in [0.5, 0.6) is 0 Å². The minimum Gasteiger partial charge on any atom is -0.348 e. The molecule has 1 aromatic rings. The molecule has 0 radical (unpaired) electrons. The van der Waals surface area contributed by atoms with Crippen LogP contribution >= 0.6 is 15.9 Å². The molecule has 20 heavy (non-hydrogen) atoms. The molecule has 0 unspecified atom stereocenters. The fraction of sp³-hybridized carbons (Fsp3) is 0.500. The van der Waals surface area contributed by atoms with E-state index in [4.69, 9.17) is 9.47 Å². The molecule has 1 aliphatic rings. The van der Waals surface area contributed by atoms with E-state index in [1.54, 1.807) is 0 Å². The van der Waals surface area contributed by atoms with Crippen molar-refractivity contribution in [1.82, 2.24) is 10.6 Å². The first-order valence-corrected chi connectivity index (χ1v) is 7.41. The molecule has 2 rings (SSSR count). The summed E-state index contributed by atoms with van der Waals surface area (Å²) >= 11 is 3.40. The molecule has 0 aliphatic carbocycles. The number of amides is 2. The molecular formula is C14H19BrN2O3. The predicted molar refractivity (Wildman–Crippen MR) is 79.3 cm³/mol. The highest BCUT2D eigenvalue weighted by molar-refractivity contribution is 9.10. The zero-order chi connectivity index (χ0) is 14.4. The Balaban J connectivity index is 1.65. The van der Waals surface area contributed by atoms with Gasteiger partial charge in [0.05, 0.1) is 13.2 Å². The third kappa shape index (κ3) is 4.77. The maximum Gasteiger partial charge on any atom is 0.315 e. The van der Waals surface area contributed by atoms with Crippen molar-refractivity contribution in [3.8, 4) is 0 Å². The van der Waals surface area contributed by atoms with Crippen molar-refractivity contribution in [2.75, 3.05) is 19.8 Å². The maximum absolute atomic E-state index is 11.7. The molecule has 1 heterocycles. The van der Waals surface area contributed by atoms with Gasteiger partial charge < -0.3 is 20.1 Å². The number of carbonyl (C=O) groups excluding carboxylic acids is 1. The topological polar surface area (TPSA) is 59.6 Å². The lowest BCUT2D eigenvalue weighted by molar-refractivity contribution is -0.145. The van der Waals surface area contributed by atoms with Gasteiger partial charge in [-0.1, -0.05) is 28.1 Å². The van der Waals surface area contributed by atoms with E-state index in [1.807, 2.05) is 31.2 Å². The number of halogens is 1. The highest BCUT2D eigenvalue weighted by Crippen LogP contribution is 2.21. The summed E-state index contributed by atoms with van der Waals surface area (Å²) in [5.74, 6) is -0.558. The SMILES string of the molecule is CC1(CCNC(=O)NCc2cccc(Br)c2)OCCO1. The van der Waals surface area contributed by atoms with Crippen molar-refractivity contribution in [2.24, 2.45) is 0 Å². The van der Waals surface area contributed by atoms with Crippen LogP contribution in [0.25, 0.3) is 0 Å². The summed E-state index contributed by atoms with van der Waals surface area (Å²) in [4.78, 5) is 11.7. The number of urea groups is 1. The lowest BCUT2D eigenvalue weighted by atomic mass is 10.2. The second-order valence-corrected chi connectivity index (χ2v) is 5.74. The van der Waals surface area contributed by atoms with Gasteiger partial charge in [-0.05, 0) is 24.6 Å². The van der Waals surface area contributed by atoms with E-state index in [0.717, 1.165) is 10.0 Å². The highest BCUT2D eigenvalue weighted by Gasteiger charge is 2.30. The van der Waals surface area contributed by atoms with Crippen LogP contribution in [0, 0.1) is 0 Å². The minimum absolute atomic E-state index is 0.188. The smallest absolute Gasteiger partial charge is 0.315 e. The Morgan fingerprint density at radius 2 is 2.10 bits per heavy atom. The van der Waals surface area contributed by atoms with Gasteiger partial charge in [-0.25, -0.2) is 4.79 Å². The second-order valence-electron chi connectivity index (χ2n) is 4.82. The molecule has 0 spiro atoms. The summed E-state index contributed by atoms with van der Waals surface area (Å²) in [6.45, 7) is 4.13. The Bertz CT molecular complexity index is 461. The fourth-order valence-corrected chi connectivity index (χ4v) is 2.44. The van der Waals surface area contributed by atoms with Crippen LogP contribution in [0.1, 0.15) is 18.9 Å². The van der Waals surface area contributed by atoms with Gasteiger partial charge in [0, 0.05) is 24.0 Å². The number of nitrogens with one attached hydrogen (secondary N) is 2. The molecule has 6 heteroatoms. The van der Waals surface area contributed by atoms with Gasteiger partial charge in [0.1, 0.15) is 0 Å². The van der Waals surface area contributed by atoms with Crippen molar-refractivity contribution >= 4 is 22.0 Å². The largest absolute Gasteiger partial charge is 0.348 e. The van der Waals surface area contributed by atoms with E-state index >= 15 is 0 Å². The molecule has 1 aliphatic heterocycles. The Morgan fingerprint density at radius 1 is 1.35 bits per heavy atom. The quantitative estimate of drug-likeness (QED) is 0.863. The molecule has 2 N–H and O–H groups in total. The number of hydrogen-bond acceptors (Lipinski definition) is 3. The molecule has 0 aromatic heterocycles. The minimum atomic E-state index is -0.558. The van der Waals surface area contributed by atoms with Gasteiger partial charge in [-0.15, -0.1) is 0 Å². The molecular weight excluding hydrogens is 324 g/mol. The van der Waals surface area contributed by atoms with E-state index in [-0.39, 0.29) is 6.03 Å². The lowest BCUT2D eigenvalue weighted by Gasteiger charge is -2.22. The first-order valence-electron chi connectivity index (χ1n) is 6.61. The molecule has 2 amide bonds. The Morgan fingerprint density at radius 3 is 2.80 bits per heavy atom. The second kappa shape index (κ2) is 7.06. The van der Waals surface area contributed by atoms with Crippen molar-refractivity contribution < 1.29 is 14.3 Å². The van der Waals surface area contributed by atoms with Crippen LogP contribution in [0.3, 0.4) is 0 Å². The number of hydrogen-bond donors (Lipinski definition) is 2. The van der Waals surface area contributed by atoms with Gasteiger partial charge >= 0.3 is 6.03 Å². The van der Waals surface area contributed by atoms with E-state index in [1.165, 1.54) is 0 Å². The van der Waals surface area contributed by atoms with Crippen LogP contribution in [0.4, 0.5) is 4.79 Å². The summed E-state index contributed by atoms with van der Waals surface area (Å²) in [5.41, 5.74) is 1.05. The summed E-state index contributed by atoms with van der Waals surface area (Å²) in [6, 6.07) is 7.64. The summed E-state index contributed by atoms with van der Waals surface area (Å²) in [6.07, 6.45) is 0.636. The standard InChI is InChI=1S/C14H19BrN2O3/c1-14(19-7-8-20-14)5-6-16-13(18)17-10-11-3-2-4-12(15)9-11/h2-4,9H,5-8,10H2,1H3,(H2,16,17,18). The Kier molecular flexibility index (Phi) is 5.39. The van der Waals surface area contributed by atoms with Crippen molar-refractivity contribution in [3.05, 3.63) is 34.3 Å². The van der Waals surface area contributed by atoms with Crippen LogP contribution in [-0.4, -0.2) is 31.6 Å². The van der Waals surface area contributed by atoms with Gasteiger partial charge in [0.2, 0.25) is 0 Å². The normalized spacial score (nSPS) is 16.9. The average molecular weight is 343 g/mol. The van der Waals surface area contributed by atoms with E-state index < -0.39 is 5.79 Å². The predicted octanol–water partition coefficient (Wildman–Crippen LogP) is 2.40. The van der Waals surface area contributed by atoms with Gasteiger partial charge in [0.25, 0.3) is 0 Å². The number of ether oxygens (including phenoxy) is 2. The molecule has 0 saturated carbocycles.